The van der Waals surface area contributed by atoms with Gasteiger partial charge in [0.05, 0.1) is 17.8 Å². The molecule has 0 saturated carbocycles. The van der Waals surface area contributed by atoms with Gasteiger partial charge < -0.3 is 23.9 Å². The zero-order chi connectivity index (χ0) is 18.0. The minimum absolute atomic E-state index is 0.158. The highest BCUT2D eigenvalue weighted by molar-refractivity contribution is 6.62. The summed E-state index contributed by atoms with van der Waals surface area (Å²) < 4.78 is 22.1. The molecule has 1 heterocycles. The van der Waals surface area contributed by atoms with Crippen LogP contribution in [0.3, 0.4) is 0 Å². The van der Waals surface area contributed by atoms with Crippen LogP contribution in [-0.2, 0) is 18.8 Å². The number of esters is 1. The molecule has 1 atom stereocenters. The Bertz CT molecular complexity index is 553. The highest BCUT2D eigenvalue weighted by Crippen LogP contribution is 2.36. The van der Waals surface area contributed by atoms with Gasteiger partial charge in [-0.1, -0.05) is 12.1 Å². The van der Waals surface area contributed by atoms with Crippen LogP contribution >= 0.6 is 0 Å². The van der Waals surface area contributed by atoms with Gasteiger partial charge in [0.25, 0.3) is 0 Å². The zero-order valence-electron chi connectivity index (χ0n) is 14.9. The first-order valence-electron chi connectivity index (χ1n) is 8.09. The van der Waals surface area contributed by atoms with Crippen LogP contribution in [0.15, 0.2) is 24.3 Å². The summed E-state index contributed by atoms with van der Waals surface area (Å²) in [7, 11) is -0.436. The highest BCUT2D eigenvalue weighted by atomic mass is 16.7. The van der Waals surface area contributed by atoms with Crippen molar-refractivity contribution in [1.82, 2.24) is 0 Å². The third-order valence-electron chi connectivity index (χ3n) is 4.37. The lowest BCUT2D eigenvalue weighted by Gasteiger charge is -2.32. The highest BCUT2D eigenvalue weighted by Gasteiger charge is 2.51. The molecule has 1 aliphatic rings. The van der Waals surface area contributed by atoms with Gasteiger partial charge in [-0.15, -0.1) is 0 Å². The van der Waals surface area contributed by atoms with Crippen LogP contribution in [0.2, 0.25) is 0 Å². The predicted octanol–water partition coefficient (Wildman–Crippen LogP) is 1.29. The maximum Gasteiger partial charge on any atom is 0.494 e. The molecule has 0 amide bonds. The first-order chi connectivity index (χ1) is 11.2. The fraction of sp³-hybridized carbons (Fsp3) is 0.588. The van der Waals surface area contributed by atoms with Crippen molar-refractivity contribution in [3.8, 4) is 5.75 Å². The summed E-state index contributed by atoms with van der Waals surface area (Å²) in [6.07, 6.45) is -1.30. The summed E-state index contributed by atoms with van der Waals surface area (Å²) in [5.74, 6) is -0.148. The van der Waals surface area contributed by atoms with E-state index in [0.29, 0.717) is 5.75 Å². The number of hydrogen-bond donors (Lipinski definition) is 1. The van der Waals surface area contributed by atoms with Crippen molar-refractivity contribution >= 4 is 18.6 Å². The van der Waals surface area contributed by atoms with Crippen LogP contribution < -0.4 is 10.2 Å². The fourth-order valence-electron chi connectivity index (χ4n) is 2.18. The standard InChI is InChI=1S/C17H25BO6/c1-6-21-15(20)14(19)11-22-13-9-7-12(8-10-13)18-23-16(2,3)17(4,5)24-18/h7-10,14,19H,6,11H2,1-5H3. The van der Waals surface area contributed by atoms with Crippen LogP contribution in [0.25, 0.3) is 0 Å². The molecular formula is C17H25BO6. The molecule has 1 N–H and O–H groups in total. The average molecular weight is 336 g/mol. The van der Waals surface area contributed by atoms with Gasteiger partial charge in [-0.3, -0.25) is 0 Å². The maximum absolute atomic E-state index is 11.3. The minimum Gasteiger partial charge on any atom is -0.490 e. The van der Waals surface area contributed by atoms with E-state index in [4.69, 9.17) is 18.8 Å². The summed E-state index contributed by atoms with van der Waals surface area (Å²) in [5.41, 5.74) is 0.0969. The molecule has 2 rings (SSSR count). The Morgan fingerprint density at radius 3 is 2.21 bits per heavy atom. The Balaban J connectivity index is 1.93. The van der Waals surface area contributed by atoms with Crippen LogP contribution in [0.1, 0.15) is 34.6 Å². The molecule has 1 aromatic carbocycles. The number of ether oxygens (including phenoxy) is 2. The van der Waals surface area contributed by atoms with E-state index in [9.17, 15) is 9.90 Å². The molecule has 132 valence electrons. The summed E-state index contributed by atoms with van der Waals surface area (Å²) in [4.78, 5) is 11.3. The van der Waals surface area contributed by atoms with Gasteiger partial charge in [0.15, 0.2) is 6.10 Å². The lowest BCUT2D eigenvalue weighted by molar-refractivity contribution is -0.154. The second-order valence-corrected chi connectivity index (χ2v) is 6.74. The van der Waals surface area contributed by atoms with Crippen LogP contribution in [0.4, 0.5) is 0 Å². The fourth-order valence-corrected chi connectivity index (χ4v) is 2.18. The van der Waals surface area contributed by atoms with Gasteiger partial charge in [-0.05, 0) is 52.2 Å². The third-order valence-corrected chi connectivity index (χ3v) is 4.37. The molecule has 0 aliphatic carbocycles. The van der Waals surface area contributed by atoms with Crippen molar-refractivity contribution in [2.24, 2.45) is 0 Å². The van der Waals surface area contributed by atoms with Crippen molar-refractivity contribution in [2.75, 3.05) is 13.2 Å². The Morgan fingerprint density at radius 1 is 1.17 bits per heavy atom. The lowest BCUT2D eigenvalue weighted by atomic mass is 9.79. The summed E-state index contributed by atoms with van der Waals surface area (Å²) in [6.45, 7) is 9.75. The quantitative estimate of drug-likeness (QED) is 0.623. The van der Waals surface area contributed by atoms with Crippen molar-refractivity contribution in [1.29, 1.82) is 0 Å². The van der Waals surface area contributed by atoms with E-state index in [0.717, 1.165) is 5.46 Å². The van der Waals surface area contributed by atoms with Gasteiger partial charge in [-0.25, -0.2) is 4.79 Å². The Morgan fingerprint density at radius 2 is 1.71 bits per heavy atom. The number of hydrogen-bond acceptors (Lipinski definition) is 6. The third kappa shape index (κ3) is 4.09. The number of carbonyl (C=O) groups is 1. The molecule has 1 saturated heterocycles. The van der Waals surface area contributed by atoms with Crippen LogP contribution in [-0.4, -0.2) is 48.7 Å². The molecule has 0 aromatic heterocycles. The van der Waals surface area contributed by atoms with Crippen molar-refractivity contribution in [2.45, 2.75) is 51.9 Å². The number of aliphatic hydroxyl groups is 1. The average Bonchev–Trinajstić information content (AvgIpc) is 2.74. The summed E-state index contributed by atoms with van der Waals surface area (Å²) in [5, 5.41) is 9.61. The van der Waals surface area contributed by atoms with E-state index in [2.05, 4.69) is 0 Å². The van der Waals surface area contributed by atoms with E-state index in [1.165, 1.54) is 0 Å². The SMILES string of the molecule is CCOC(=O)C(O)COc1ccc(B2OC(C)(C)C(C)(C)O2)cc1. The van der Waals surface area contributed by atoms with Gasteiger partial charge in [-0.2, -0.15) is 0 Å². The van der Waals surface area contributed by atoms with Gasteiger partial charge in [0.2, 0.25) is 0 Å². The monoisotopic (exact) mass is 336 g/mol. The Kier molecular flexibility index (Phi) is 5.57. The molecular weight excluding hydrogens is 311 g/mol. The maximum atomic E-state index is 11.3. The molecule has 0 spiro atoms. The molecule has 1 unspecified atom stereocenters. The minimum atomic E-state index is -1.30. The second kappa shape index (κ2) is 7.13. The lowest BCUT2D eigenvalue weighted by Crippen LogP contribution is -2.41. The second-order valence-electron chi connectivity index (χ2n) is 6.74. The molecule has 0 bridgehead atoms. The molecule has 7 heteroatoms. The molecule has 1 fully saturated rings. The summed E-state index contributed by atoms with van der Waals surface area (Å²) >= 11 is 0. The van der Waals surface area contributed by atoms with Crippen LogP contribution in [0.5, 0.6) is 5.75 Å². The van der Waals surface area contributed by atoms with E-state index in [1.807, 2.05) is 39.8 Å². The largest absolute Gasteiger partial charge is 0.494 e. The summed E-state index contributed by atoms with van der Waals surface area (Å²) in [6, 6.07) is 7.18. The molecule has 24 heavy (non-hydrogen) atoms. The Hall–Kier alpha value is -1.57. The topological polar surface area (TPSA) is 74.2 Å². The van der Waals surface area contributed by atoms with Crippen LogP contribution in [0, 0.1) is 0 Å². The van der Waals surface area contributed by atoms with E-state index < -0.39 is 30.4 Å². The molecule has 0 radical (unpaired) electrons. The Labute approximate surface area is 143 Å². The normalized spacial score (nSPS) is 19.8. The first kappa shape index (κ1) is 18.8. The van der Waals surface area contributed by atoms with Crippen molar-refractivity contribution < 1.29 is 28.7 Å². The number of aliphatic hydroxyl groups excluding tert-OH is 1. The van der Waals surface area contributed by atoms with Gasteiger partial charge in [0.1, 0.15) is 12.4 Å². The van der Waals surface area contributed by atoms with E-state index in [1.54, 1.807) is 19.1 Å². The van der Waals surface area contributed by atoms with Gasteiger partial charge in [0, 0.05) is 0 Å². The van der Waals surface area contributed by atoms with E-state index in [-0.39, 0.29) is 13.2 Å². The molecule has 1 aromatic rings. The van der Waals surface area contributed by atoms with Crippen molar-refractivity contribution in [3.63, 3.8) is 0 Å². The number of carbonyl (C=O) groups excluding carboxylic acids is 1. The molecule has 1 aliphatic heterocycles. The molecule has 6 nitrogen and oxygen atoms in total. The smallest absolute Gasteiger partial charge is 0.490 e. The first-order valence-corrected chi connectivity index (χ1v) is 8.09. The zero-order valence-corrected chi connectivity index (χ0v) is 14.9. The number of benzene rings is 1. The number of rotatable bonds is 6. The van der Waals surface area contributed by atoms with E-state index >= 15 is 0 Å². The van der Waals surface area contributed by atoms with Crippen molar-refractivity contribution in [3.05, 3.63) is 24.3 Å². The predicted molar refractivity (Wildman–Crippen MR) is 90.3 cm³/mol. The van der Waals surface area contributed by atoms with Gasteiger partial charge >= 0.3 is 13.1 Å².